The number of hydrogen-bond acceptors (Lipinski definition) is 3. The van der Waals surface area contributed by atoms with Gasteiger partial charge in [-0.25, -0.2) is 0 Å². The zero-order valence-corrected chi connectivity index (χ0v) is 15.9. The van der Waals surface area contributed by atoms with Crippen LogP contribution in [0.4, 0.5) is 0 Å². The van der Waals surface area contributed by atoms with Crippen molar-refractivity contribution in [2.24, 2.45) is 0 Å². The summed E-state index contributed by atoms with van der Waals surface area (Å²) in [4.78, 5) is 27.5. The minimum absolute atomic E-state index is 0.126. The van der Waals surface area contributed by atoms with Gasteiger partial charge in [-0.1, -0.05) is 23.8 Å². The second kappa shape index (κ2) is 8.08. The summed E-state index contributed by atoms with van der Waals surface area (Å²) in [5, 5.41) is 3.81. The number of carbonyl (C=O) groups excluding carboxylic acids is 1. The van der Waals surface area contributed by atoms with Crippen LogP contribution in [0.5, 0.6) is 5.75 Å². The maximum atomic E-state index is 12.3. The van der Waals surface area contributed by atoms with Gasteiger partial charge in [0, 0.05) is 12.1 Å². The van der Waals surface area contributed by atoms with Crippen LogP contribution in [0.25, 0.3) is 10.9 Å². The largest absolute Gasteiger partial charge is 0.494 e. The fourth-order valence-corrected chi connectivity index (χ4v) is 3.18. The molecule has 0 saturated carbocycles. The minimum Gasteiger partial charge on any atom is -0.494 e. The van der Waals surface area contributed by atoms with Crippen LogP contribution in [-0.4, -0.2) is 17.5 Å². The van der Waals surface area contributed by atoms with Gasteiger partial charge in [0.15, 0.2) is 0 Å². The Balaban J connectivity index is 1.68. The average Bonchev–Trinajstić information content (AvgIpc) is 2.62. The zero-order chi connectivity index (χ0) is 19.4. The first kappa shape index (κ1) is 18.7. The molecule has 1 amide bonds. The van der Waals surface area contributed by atoms with Crippen LogP contribution < -0.4 is 15.6 Å². The van der Waals surface area contributed by atoms with E-state index in [0.29, 0.717) is 12.2 Å². The lowest BCUT2D eigenvalue weighted by molar-refractivity contribution is -0.120. The lowest BCUT2D eigenvalue weighted by Gasteiger charge is -2.09. The Morgan fingerprint density at radius 2 is 1.85 bits per heavy atom. The van der Waals surface area contributed by atoms with Crippen LogP contribution >= 0.6 is 0 Å². The summed E-state index contributed by atoms with van der Waals surface area (Å²) < 4.78 is 5.40. The summed E-state index contributed by atoms with van der Waals surface area (Å²) in [5.74, 6) is 0.661. The summed E-state index contributed by atoms with van der Waals surface area (Å²) >= 11 is 0. The molecule has 0 saturated heterocycles. The first-order chi connectivity index (χ1) is 13.0. The molecule has 0 aliphatic carbocycles. The molecule has 27 heavy (non-hydrogen) atoms. The van der Waals surface area contributed by atoms with E-state index in [-0.39, 0.29) is 24.4 Å². The lowest BCUT2D eigenvalue weighted by Crippen LogP contribution is -2.28. The van der Waals surface area contributed by atoms with E-state index in [9.17, 15) is 9.59 Å². The Bertz CT molecular complexity index is 1020. The molecule has 1 heterocycles. The predicted octanol–water partition coefficient (Wildman–Crippen LogP) is 3.40. The molecular weight excluding hydrogens is 340 g/mol. The van der Waals surface area contributed by atoms with Crippen molar-refractivity contribution < 1.29 is 9.53 Å². The van der Waals surface area contributed by atoms with Gasteiger partial charge in [-0.15, -0.1) is 0 Å². The number of H-pyrrole nitrogens is 1. The maximum absolute atomic E-state index is 12.3. The third-order valence-electron chi connectivity index (χ3n) is 4.45. The van der Waals surface area contributed by atoms with Crippen molar-refractivity contribution >= 4 is 16.8 Å². The number of ether oxygens (including phenoxy) is 1. The van der Waals surface area contributed by atoms with Crippen molar-refractivity contribution in [3.63, 3.8) is 0 Å². The monoisotopic (exact) mass is 364 g/mol. The first-order valence-corrected chi connectivity index (χ1v) is 9.08. The molecule has 3 aromatic rings. The normalized spacial score (nSPS) is 10.8. The molecule has 0 fully saturated rings. The molecule has 3 rings (SSSR count). The maximum Gasteiger partial charge on any atom is 0.253 e. The fourth-order valence-electron chi connectivity index (χ4n) is 3.18. The molecule has 0 radical (unpaired) electrons. The molecule has 5 heteroatoms. The highest BCUT2D eigenvalue weighted by molar-refractivity contribution is 5.83. The number of hydrogen-bond donors (Lipinski definition) is 2. The SMILES string of the molecule is CCOc1ccc(CC(=O)NCc2cc3cc(C)cc(C)c3[nH]c2=O)cc1. The fraction of sp³-hybridized carbons (Fsp3) is 0.273. The summed E-state index contributed by atoms with van der Waals surface area (Å²) in [5.41, 5.74) is 4.29. The van der Waals surface area contributed by atoms with Crippen LogP contribution in [0.2, 0.25) is 0 Å². The van der Waals surface area contributed by atoms with Crippen molar-refractivity contribution in [3.05, 3.63) is 75.1 Å². The molecule has 140 valence electrons. The average molecular weight is 364 g/mol. The molecule has 2 aromatic carbocycles. The van der Waals surface area contributed by atoms with Gasteiger partial charge in [-0.05, 0) is 61.5 Å². The Hall–Kier alpha value is -3.08. The summed E-state index contributed by atoms with van der Waals surface area (Å²) in [6.07, 6.45) is 0.260. The number of amides is 1. The second-order valence-electron chi connectivity index (χ2n) is 6.70. The van der Waals surface area contributed by atoms with Gasteiger partial charge in [-0.3, -0.25) is 9.59 Å². The van der Waals surface area contributed by atoms with E-state index in [4.69, 9.17) is 4.74 Å². The van der Waals surface area contributed by atoms with Gasteiger partial charge >= 0.3 is 0 Å². The van der Waals surface area contributed by atoms with E-state index < -0.39 is 0 Å². The van der Waals surface area contributed by atoms with Gasteiger partial charge in [0.05, 0.1) is 18.5 Å². The number of rotatable bonds is 6. The predicted molar refractivity (Wildman–Crippen MR) is 107 cm³/mol. The Labute approximate surface area is 158 Å². The Morgan fingerprint density at radius 1 is 1.11 bits per heavy atom. The molecule has 0 aliphatic rings. The molecule has 0 aliphatic heterocycles. The van der Waals surface area contributed by atoms with E-state index in [0.717, 1.165) is 33.3 Å². The standard InChI is InChI=1S/C22H24N2O3/c1-4-27-19-7-5-16(6-8-19)11-20(25)23-13-18-12-17-10-14(2)9-15(3)21(17)24-22(18)26/h5-10,12H,4,11,13H2,1-3H3,(H,23,25)(H,24,26). The molecule has 0 unspecified atom stereocenters. The number of nitrogens with one attached hydrogen (secondary N) is 2. The van der Waals surface area contributed by atoms with E-state index in [2.05, 4.69) is 10.3 Å². The van der Waals surface area contributed by atoms with E-state index in [1.165, 1.54) is 0 Å². The van der Waals surface area contributed by atoms with E-state index in [1.807, 2.05) is 63.2 Å². The molecule has 0 atom stereocenters. The minimum atomic E-state index is -0.171. The first-order valence-electron chi connectivity index (χ1n) is 9.08. The third kappa shape index (κ3) is 4.56. The van der Waals surface area contributed by atoms with Gasteiger partial charge < -0.3 is 15.0 Å². The number of fused-ring (bicyclic) bond motifs is 1. The van der Waals surface area contributed by atoms with Crippen molar-refractivity contribution in [2.45, 2.75) is 33.7 Å². The van der Waals surface area contributed by atoms with Crippen molar-refractivity contribution in [3.8, 4) is 5.75 Å². The molecule has 1 aromatic heterocycles. The molecule has 0 bridgehead atoms. The van der Waals surface area contributed by atoms with Crippen LogP contribution in [0.3, 0.4) is 0 Å². The summed E-state index contributed by atoms with van der Waals surface area (Å²) in [7, 11) is 0. The highest BCUT2D eigenvalue weighted by Crippen LogP contribution is 2.18. The van der Waals surface area contributed by atoms with Gasteiger partial charge in [0.2, 0.25) is 5.91 Å². The Morgan fingerprint density at radius 3 is 2.56 bits per heavy atom. The number of pyridine rings is 1. The highest BCUT2D eigenvalue weighted by Gasteiger charge is 2.08. The van der Waals surface area contributed by atoms with Crippen LogP contribution in [0.1, 0.15) is 29.2 Å². The number of aromatic nitrogens is 1. The van der Waals surface area contributed by atoms with Gasteiger partial charge in [-0.2, -0.15) is 0 Å². The van der Waals surface area contributed by atoms with Gasteiger partial charge in [0.25, 0.3) is 5.56 Å². The third-order valence-corrected chi connectivity index (χ3v) is 4.45. The molecule has 2 N–H and O–H groups in total. The summed E-state index contributed by atoms with van der Waals surface area (Å²) in [6.45, 7) is 6.74. The van der Waals surface area contributed by atoms with Crippen LogP contribution in [-0.2, 0) is 17.8 Å². The smallest absolute Gasteiger partial charge is 0.253 e. The van der Waals surface area contributed by atoms with Gasteiger partial charge in [0.1, 0.15) is 5.75 Å². The van der Waals surface area contributed by atoms with Crippen LogP contribution in [0.15, 0.2) is 47.3 Å². The number of aryl methyl sites for hydroxylation is 2. The van der Waals surface area contributed by atoms with E-state index in [1.54, 1.807) is 0 Å². The van der Waals surface area contributed by atoms with Crippen molar-refractivity contribution in [2.75, 3.05) is 6.61 Å². The lowest BCUT2D eigenvalue weighted by atomic mass is 10.1. The molecule has 5 nitrogen and oxygen atoms in total. The topological polar surface area (TPSA) is 71.2 Å². The number of carbonyl (C=O) groups is 1. The zero-order valence-electron chi connectivity index (χ0n) is 15.9. The quantitative estimate of drug-likeness (QED) is 0.704. The highest BCUT2D eigenvalue weighted by atomic mass is 16.5. The van der Waals surface area contributed by atoms with Crippen molar-refractivity contribution in [1.82, 2.24) is 10.3 Å². The summed E-state index contributed by atoms with van der Waals surface area (Å²) in [6, 6.07) is 13.4. The molecular formula is C22H24N2O3. The number of benzene rings is 2. The number of aromatic amines is 1. The second-order valence-corrected chi connectivity index (χ2v) is 6.70. The van der Waals surface area contributed by atoms with Crippen LogP contribution in [0, 0.1) is 13.8 Å². The molecule has 0 spiro atoms. The Kier molecular flexibility index (Phi) is 5.60. The van der Waals surface area contributed by atoms with E-state index >= 15 is 0 Å². The van der Waals surface area contributed by atoms with Crippen molar-refractivity contribution in [1.29, 1.82) is 0 Å².